The van der Waals surface area contributed by atoms with Crippen LogP contribution >= 0.6 is 12.4 Å². The molecule has 1 aromatic rings. The predicted octanol–water partition coefficient (Wildman–Crippen LogP) is 3.68. The van der Waals surface area contributed by atoms with Gasteiger partial charge >= 0.3 is 0 Å². The number of hydrogen-bond acceptors (Lipinski definition) is 2. The Morgan fingerprint density at radius 2 is 1.86 bits per heavy atom. The molecule has 0 radical (unpaired) electrons. The summed E-state index contributed by atoms with van der Waals surface area (Å²) in [4.78, 5) is 2.67. The highest BCUT2D eigenvalue weighted by molar-refractivity contribution is 5.85. The smallest absolute Gasteiger partial charge is 0.00967 e. The number of nitrogens with one attached hydrogen (secondary N) is 1. The second-order valence-corrected chi connectivity index (χ2v) is 6.65. The van der Waals surface area contributed by atoms with Crippen molar-refractivity contribution < 1.29 is 0 Å². The van der Waals surface area contributed by atoms with Crippen molar-refractivity contribution in [1.29, 1.82) is 0 Å². The van der Waals surface area contributed by atoms with Gasteiger partial charge in [0.05, 0.1) is 0 Å². The van der Waals surface area contributed by atoms with Crippen LogP contribution in [0.4, 0.5) is 0 Å². The Morgan fingerprint density at radius 3 is 2.48 bits per heavy atom. The Balaban J connectivity index is 0.00000161. The van der Waals surface area contributed by atoms with E-state index >= 15 is 0 Å². The topological polar surface area (TPSA) is 15.3 Å². The molecule has 1 aromatic carbocycles. The summed E-state index contributed by atoms with van der Waals surface area (Å²) in [5.41, 5.74) is 1.48. The largest absolute Gasteiger partial charge is 0.314 e. The maximum absolute atomic E-state index is 3.69. The average molecular weight is 309 g/mol. The fraction of sp³-hybridized carbons (Fsp3) is 0.667. The molecule has 118 valence electrons. The lowest BCUT2D eigenvalue weighted by atomic mass is 9.88. The van der Waals surface area contributed by atoms with Crippen LogP contribution in [0.25, 0.3) is 0 Å². The molecule has 2 aliphatic heterocycles. The third-order valence-corrected chi connectivity index (χ3v) is 5.20. The fourth-order valence-corrected chi connectivity index (χ4v) is 3.93. The Morgan fingerprint density at radius 1 is 1.14 bits per heavy atom. The third-order valence-electron chi connectivity index (χ3n) is 5.20. The van der Waals surface area contributed by atoms with Crippen molar-refractivity contribution in [3.63, 3.8) is 0 Å². The van der Waals surface area contributed by atoms with Crippen LogP contribution in [0.2, 0.25) is 0 Å². The van der Waals surface area contributed by atoms with Crippen molar-refractivity contribution in [2.75, 3.05) is 26.2 Å². The molecule has 0 bridgehead atoms. The van der Waals surface area contributed by atoms with E-state index in [1.54, 1.807) is 0 Å². The molecule has 3 rings (SSSR count). The van der Waals surface area contributed by atoms with Crippen molar-refractivity contribution in [2.45, 2.75) is 44.6 Å². The average Bonchev–Trinajstić information content (AvgIpc) is 3.03. The first-order valence-electron chi connectivity index (χ1n) is 8.33. The van der Waals surface area contributed by atoms with E-state index in [0.717, 1.165) is 12.0 Å². The molecule has 0 aliphatic carbocycles. The fourth-order valence-electron chi connectivity index (χ4n) is 3.93. The highest BCUT2D eigenvalue weighted by atomic mass is 35.5. The van der Waals surface area contributed by atoms with Crippen LogP contribution in [-0.4, -0.2) is 37.1 Å². The molecular weight excluding hydrogens is 280 g/mol. The van der Waals surface area contributed by atoms with Crippen LogP contribution in [-0.2, 0) is 0 Å². The van der Waals surface area contributed by atoms with E-state index in [2.05, 4.69) is 47.5 Å². The molecule has 21 heavy (non-hydrogen) atoms. The van der Waals surface area contributed by atoms with Crippen molar-refractivity contribution >= 4 is 12.4 Å². The molecule has 2 nitrogen and oxygen atoms in total. The minimum atomic E-state index is 0. The lowest BCUT2D eigenvalue weighted by molar-refractivity contribution is 0.158. The third kappa shape index (κ3) is 4.45. The zero-order chi connectivity index (χ0) is 13.8. The van der Waals surface area contributed by atoms with Crippen LogP contribution in [0.5, 0.6) is 0 Å². The highest BCUT2D eigenvalue weighted by Crippen LogP contribution is 2.27. The van der Waals surface area contributed by atoms with Crippen molar-refractivity contribution in [1.82, 2.24) is 10.2 Å². The summed E-state index contributed by atoms with van der Waals surface area (Å²) in [5.74, 6) is 1.58. The van der Waals surface area contributed by atoms with Gasteiger partial charge in [0.2, 0.25) is 0 Å². The summed E-state index contributed by atoms with van der Waals surface area (Å²) in [6, 6.07) is 11.8. The molecular formula is C18H29ClN2. The Labute approximate surface area is 135 Å². The molecule has 1 N–H and O–H groups in total. The molecule has 2 heterocycles. The number of rotatable bonds is 4. The Kier molecular flexibility index (Phi) is 6.53. The first kappa shape index (κ1) is 16.8. The second kappa shape index (κ2) is 8.17. The highest BCUT2D eigenvalue weighted by Gasteiger charge is 2.28. The van der Waals surface area contributed by atoms with Gasteiger partial charge in [-0.2, -0.15) is 0 Å². The summed E-state index contributed by atoms with van der Waals surface area (Å²) >= 11 is 0. The summed E-state index contributed by atoms with van der Waals surface area (Å²) in [7, 11) is 0. The summed E-state index contributed by atoms with van der Waals surface area (Å²) < 4.78 is 0. The molecule has 2 saturated heterocycles. The maximum Gasteiger partial charge on any atom is 0.00967 e. The maximum atomic E-state index is 3.69. The summed E-state index contributed by atoms with van der Waals surface area (Å²) in [5, 5.41) is 3.69. The number of nitrogens with zero attached hydrogens (tertiary/aromatic N) is 1. The first-order chi connectivity index (χ1) is 9.83. The van der Waals surface area contributed by atoms with E-state index in [1.807, 2.05) is 0 Å². The van der Waals surface area contributed by atoms with E-state index in [0.29, 0.717) is 5.92 Å². The van der Waals surface area contributed by atoms with Gasteiger partial charge < -0.3 is 10.2 Å². The minimum Gasteiger partial charge on any atom is -0.314 e. The van der Waals surface area contributed by atoms with Crippen LogP contribution in [0.1, 0.15) is 44.1 Å². The van der Waals surface area contributed by atoms with Crippen LogP contribution in [0.3, 0.4) is 0 Å². The SMILES string of the molecule is CC(CN1CCC(C2CCCN2)CC1)c1ccccc1.Cl. The molecule has 2 fully saturated rings. The van der Waals surface area contributed by atoms with Gasteiger partial charge in [-0.05, 0) is 62.7 Å². The number of hydrogen-bond donors (Lipinski definition) is 1. The zero-order valence-corrected chi connectivity index (χ0v) is 13.9. The van der Waals surface area contributed by atoms with Gasteiger partial charge in [0, 0.05) is 12.6 Å². The van der Waals surface area contributed by atoms with E-state index in [-0.39, 0.29) is 12.4 Å². The molecule has 0 aromatic heterocycles. The van der Waals surface area contributed by atoms with Gasteiger partial charge in [0.15, 0.2) is 0 Å². The Bertz CT molecular complexity index is 395. The molecule has 0 saturated carbocycles. The monoisotopic (exact) mass is 308 g/mol. The number of halogens is 1. The molecule has 3 heteroatoms. The van der Waals surface area contributed by atoms with Gasteiger partial charge in [-0.15, -0.1) is 12.4 Å². The number of likely N-dealkylation sites (tertiary alicyclic amines) is 1. The predicted molar refractivity (Wildman–Crippen MR) is 92.3 cm³/mol. The molecule has 2 unspecified atom stereocenters. The zero-order valence-electron chi connectivity index (χ0n) is 13.1. The molecule has 2 atom stereocenters. The second-order valence-electron chi connectivity index (χ2n) is 6.65. The van der Waals surface area contributed by atoms with E-state index in [1.165, 1.54) is 57.4 Å². The van der Waals surface area contributed by atoms with Crippen molar-refractivity contribution in [3.8, 4) is 0 Å². The normalized spacial score (nSPS) is 25.5. The molecule has 0 spiro atoms. The number of piperidine rings is 1. The van der Waals surface area contributed by atoms with Crippen LogP contribution in [0.15, 0.2) is 30.3 Å². The van der Waals surface area contributed by atoms with Crippen LogP contribution < -0.4 is 5.32 Å². The standard InChI is InChI=1S/C18H28N2.ClH/c1-15(16-6-3-2-4-7-16)14-20-12-9-17(10-13-20)18-8-5-11-19-18;/h2-4,6-7,15,17-19H,5,8-14H2,1H3;1H. The lowest BCUT2D eigenvalue weighted by Gasteiger charge is -2.36. The van der Waals surface area contributed by atoms with Gasteiger partial charge in [-0.3, -0.25) is 0 Å². The quantitative estimate of drug-likeness (QED) is 0.913. The van der Waals surface area contributed by atoms with Gasteiger partial charge in [-0.1, -0.05) is 37.3 Å². The molecule has 0 amide bonds. The Hall–Kier alpha value is -0.570. The van der Waals surface area contributed by atoms with Crippen molar-refractivity contribution in [2.24, 2.45) is 5.92 Å². The van der Waals surface area contributed by atoms with E-state index in [9.17, 15) is 0 Å². The molecule has 2 aliphatic rings. The van der Waals surface area contributed by atoms with Crippen LogP contribution in [0, 0.1) is 5.92 Å². The first-order valence-corrected chi connectivity index (χ1v) is 8.33. The van der Waals surface area contributed by atoms with Crippen molar-refractivity contribution in [3.05, 3.63) is 35.9 Å². The number of benzene rings is 1. The summed E-state index contributed by atoms with van der Waals surface area (Å²) in [6.45, 7) is 7.41. The van der Waals surface area contributed by atoms with Gasteiger partial charge in [0.25, 0.3) is 0 Å². The lowest BCUT2D eigenvalue weighted by Crippen LogP contribution is -2.41. The van der Waals surface area contributed by atoms with Gasteiger partial charge in [-0.25, -0.2) is 0 Å². The minimum absolute atomic E-state index is 0. The van der Waals surface area contributed by atoms with E-state index < -0.39 is 0 Å². The van der Waals surface area contributed by atoms with E-state index in [4.69, 9.17) is 0 Å². The van der Waals surface area contributed by atoms with Gasteiger partial charge in [0.1, 0.15) is 0 Å². The summed E-state index contributed by atoms with van der Waals surface area (Å²) in [6.07, 6.45) is 5.57.